The number of ether oxygens (including phenoxy) is 1. The Morgan fingerprint density at radius 3 is 2.50 bits per heavy atom. The number of carbonyl (C=O) groups is 2. The SMILES string of the molecule is COC1CNC(C(=O)NC2(C(=O)O)CCC(C)CC2)C1. The van der Waals surface area contributed by atoms with E-state index in [2.05, 4.69) is 17.6 Å². The predicted octanol–water partition coefficient (Wildman–Crippen LogP) is 0.513. The van der Waals surface area contributed by atoms with E-state index in [4.69, 9.17) is 4.74 Å². The highest BCUT2D eigenvalue weighted by atomic mass is 16.5. The summed E-state index contributed by atoms with van der Waals surface area (Å²) in [6.07, 6.45) is 3.31. The average molecular weight is 284 g/mol. The van der Waals surface area contributed by atoms with Crippen LogP contribution < -0.4 is 10.6 Å². The summed E-state index contributed by atoms with van der Waals surface area (Å²) >= 11 is 0. The molecule has 1 amide bonds. The molecule has 0 aromatic carbocycles. The number of aliphatic carboxylic acids is 1. The van der Waals surface area contributed by atoms with Gasteiger partial charge in [-0.2, -0.15) is 0 Å². The van der Waals surface area contributed by atoms with E-state index in [1.165, 1.54) is 0 Å². The van der Waals surface area contributed by atoms with E-state index >= 15 is 0 Å². The van der Waals surface area contributed by atoms with Crippen LogP contribution in [-0.2, 0) is 14.3 Å². The van der Waals surface area contributed by atoms with Crippen molar-refractivity contribution in [3.8, 4) is 0 Å². The third-order valence-corrected chi connectivity index (χ3v) is 4.64. The van der Waals surface area contributed by atoms with Gasteiger partial charge in [0.15, 0.2) is 0 Å². The predicted molar refractivity (Wildman–Crippen MR) is 73.3 cm³/mol. The lowest BCUT2D eigenvalue weighted by Gasteiger charge is -2.37. The Morgan fingerprint density at radius 1 is 1.35 bits per heavy atom. The zero-order chi connectivity index (χ0) is 14.8. The van der Waals surface area contributed by atoms with Crippen LogP contribution in [0, 0.1) is 5.92 Å². The minimum Gasteiger partial charge on any atom is -0.480 e. The first-order valence-corrected chi connectivity index (χ1v) is 7.28. The first kappa shape index (κ1) is 15.3. The lowest BCUT2D eigenvalue weighted by molar-refractivity contribution is -0.150. The summed E-state index contributed by atoms with van der Waals surface area (Å²) in [6, 6.07) is -0.351. The highest BCUT2D eigenvalue weighted by Crippen LogP contribution is 2.32. The standard InChI is InChI=1S/C14H24N2O4/c1-9-3-5-14(6-4-9,13(18)19)16-12(17)11-7-10(20-2)8-15-11/h9-11,15H,3-8H2,1-2H3,(H,16,17)(H,18,19). The molecule has 6 nitrogen and oxygen atoms in total. The fourth-order valence-electron chi connectivity index (χ4n) is 3.05. The third kappa shape index (κ3) is 3.12. The Hall–Kier alpha value is -1.14. The minimum atomic E-state index is -1.09. The van der Waals surface area contributed by atoms with Crippen LogP contribution >= 0.6 is 0 Å². The molecule has 1 heterocycles. The highest BCUT2D eigenvalue weighted by Gasteiger charge is 2.44. The average Bonchev–Trinajstić information content (AvgIpc) is 2.90. The molecule has 2 unspecified atom stereocenters. The fraction of sp³-hybridized carbons (Fsp3) is 0.857. The Bertz CT molecular complexity index is 377. The van der Waals surface area contributed by atoms with Crippen LogP contribution in [-0.4, -0.2) is 48.3 Å². The molecule has 2 atom stereocenters. The largest absolute Gasteiger partial charge is 0.480 e. The number of carbonyl (C=O) groups excluding carboxylic acids is 1. The van der Waals surface area contributed by atoms with Crippen LogP contribution in [0.2, 0.25) is 0 Å². The second kappa shape index (κ2) is 6.10. The van der Waals surface area contributed by atoms with Gasteiger partial charge in [-0.15, -0.1) is 0 Å². The van der Waals surface area contributed by atoms with E-state index in [1.807, 2.05) is 0 Å². The molecular weight excluding hydrogens is 260 g/mol. The molecule has 2 fully saturated rings. The van der Waals surface area contributed by atoms with Gasteiger partial charge in [0.2, 0.25) is 5.91 Å². The van der Waals surface area contributed by atoms with E-state index in [1.54, 1.807) is 7.11 Å². The first-order valence-electron chi connectivity index (χ1n) is 7.28. The number of hydrogen-bond acceptors (Lipinski definition) is 4. The van der Waals surface area contributed by atoms with Gasteiger partial charge in [0.05, 0.1) is 12.1 Å². The number of nitrogens with one attached hydrogen (secondary N) is 2. The van der Waals surface area contributed by atoms with Gasteiger partial charge in [-0.3, -0.25) is 4.79 Å². The van der Waals surface area contributed by atoms with Gasteiger partial charge in [-0.05, 0) is 38.0 Å². The van der Waals surface area contributed by atoms with Crippen molar-refractivity contribution < 1.29 is 19.4 Å². The maximum atomic E-state index is 12.3. The van der Waals surface area contributed by atoms with E-state index < -0.39 is 11.5 Å². The van der Waals surface area contributed by atoms with Crippen molar-refractivity contribution in [2.45, 2.75) is 56.7 Å². The molecule has 0 aromatic rings. The van der Waals surface area contributed by atoms with E-state index in [-0.39, 0.29) is 18.1 Å². The molecule has 2 rings (SSSR count). The van der Waals surface area contributed by atoms with Crippen molar-refractivity contribution in [1.29, 1.82) is 0 Å². The van der Waals surface area contributed by atoms with E-state index in [0.717, 1.165) is 12.8 Å². The zero-order valence-corrected chi connectivity index (χ0v) is 12.1. The second-order valence-corrected chi connectivity index (χ2v) is 6.11. The summed E-state index contributed by atoms with van der Waals surface area (Å²) < 4.78 is 5.21. The lowest BCUT2D eigenvalue weighted by Crippen LogP contribution is -2.59. The Labute approximate surface area is 119 Å². The van der Waals surface area contributed by atoms with Crippen LogP contribution in [0.5, 0.6) is 0 Å². The van der Waals surface area contributed by atoms with Crippen molar-refractivity contribution in [3.05, 3.63) is 0 Å². The van der Waals surface area contributed by atoms with Gasteiger partial charge in [0.25, 0.3) is 0 Å². The molecule has 0 radical (unpaired) electrons. The molecule has 20 heavy (non-hydrogen) atoms. The number of carboxylic acid groups (broad SMARTS) is 1. The molecule has 0 spiro atoms. The van der Waals surface area contributed by atoms with Gasteiger partial charge in [-0.25, -0.2) is 4.79 Å². The van der Waals surface area contributed by atoms with E-state index in [9.17, 15) is 14.7 Å². The number of hydrogen-bond donors (Lipinski definition) is 3. The molecule has 114 valence electrons. The van der Waals surface area contributed by atoms with Crippen molar-refractivity contribution in [1.82, 2.24) is 10.6 Å². The molecule has 3 N–H and O–H groups in total. The molecule has 1 saturated heterocycles. The van der Waals surface area contributed by atoms with Gasteiger partial charge < -0.3 is 20.5 Å². The van der Waals surface area contributed by atoms with Gasteiger partial charge in [-0.1, -0.05) is 6.92 Å². The zero-order valence-electron chi connectivity index (χ0n) is 12.1. The Morgan fingerprint density at radius 2 is 2.00 bits per heavy atom. The monoisotopic (exact) mass is 284 g/mol. The summed E-state index contributed by atoms with van der Waals surface area (Å²) in [5.74, 6) is -0.609. The molecule has 2 aliphatic rings. The normalized spacial score (nSPS) is 37.6. The first-order chi connectivity index (χ1) is 9.47. The van der Waals surface area contributed by atoms with Crippen LogP contribution in [0.15, 0.2) is 0 Å². The summed E-state index contributed by atoms with van der Waals surface area (Å²) in [5, 5.41) is 15.4. The molecule has 0 bridgehead atoms. The van der Waals surface area contributed by atoms with Crippen LogP contribution in [0.25, 0.3) is 0 Å². The topological polar surface area (TPSA) is 87.7 Å². The van der Waals surface area contributed by atoms with Crippen molar-refractivity contribution in [2.24, 2.45) is 5.92 Å². The number of carboxylic acids is 1. The minimum absolute atomic E-state index is 0.0258. The number of amides is 1. The Kier molecular flexibility index (Phi) is 4.65. The second-order valence-electron chi connectivity index (χ2n) is 6.11. The quantitative estimate of drug-likeness (QED) is 0.700. The van der Waals surface area contributed by atoms with Crippen LogP contribution in [0.4, 0.5) is 0 Å². The van der Waals surface area contributed by atoms with Crippen LogP contribution in [0.1, 0.15) is 39.0 Å². The molecule has 1 saturated carbocycles. The molecule has 0 aromatic heterocycles. The van der Waals surface area contributed by atoms with Crippen molar-refractivity contribution in [2.75, 3.05) is 13.7 Å². The Balaban J connectivity index is 1.98. The van der Waals surface area contributed by atoms with E-state index in [0.29, 0.717) is 31.7 Å². The highest BCUT2D eigenvalue weighted by molar-refractivity contribution is 5.89. The summed E-state index contributed by atoms with van der Waals surface area (Å²) in [4.78, 5) is 23.9. The maximum Gasteiger partial charge on any atom is 0.329 e. The summed E-state index contributed by atoms with van der Waals surface area (Å²) in [7, 11) is 1.62. The fourth-order valence-corrected chi connectivity index (χ4v) is 3.05. The maximum absolute atomic E-state index is 12.3. The van der Waals surface area contributed by atoms with Crippen LogP contribution in [0.3, 0.4) is 0 Å². The third-order valence-electron chi connectivity index (χ3n) is 4.64. The van der Waals surface area contributed by atoms with Crippen molar-refractivity contribution >= 4 is 11.9 Å². The molecule has 1 aliphatic heterocycles. The van der Waals surface area contributed by atoms with Gasteiger partial charge in [0.1, 0.15) is 5.54 Å². The number of rotatable bonds is 4. The summed E-state index contributed by atoms with van der Waals surface area (Å²) in [5.41, 5.74) is -1.09. The summed E-state index contributed by atoms with van der Waals surface area (Å²) in [6.45, 7) is 2.75. The lowest BCUT2D eigenvalue weighted by atomic mass is 9.77. The molecule has 6 heteroatoms. The van der Waals surface area contributed by atoms with Gasteiger partial charge >= 0.3 is 5.97 Å². The molecule has 1 aliphatic carbocycles. The van der Waals surface area contributed by atoms with Gasteiger partial charge in [0, 0.05) is 13.7 Å². The van der Waals surface area contributed by atoms with Crippen molar-refractivity contribution in [3.63, 3.8) is 0 Å². The smallest absolute Gasteiger partial charge is 0.329 e. The number of methoxy groups -OCH3 is 1. The molecular formula is C14H24N2O4.